The van der Waals surface area contributed by atoms with Gasteiger partial charge in [-0.05, 0) is 57.7 Å². The molecule has 1 N–H and O–H groups in total. The highest BCUT2D eigenvalue weighted by atomic mass is 16.6. The molecule has 0 spiro atoms. The summed E-state index contributed by atoms with van der Waals surface area (Å²) in [4.78, 5) is 22.1. The van der Waals surface area contributed by atoms with Gasteiger partial charge in [0, 0.05) is 12.1 Å². The fourth-order valence-corrected chi connectivity index (χ4v) is 1.76. The second-order valence-electron chi connectivity index (χ2n) is 5.84. The van der Waals surface area contributed by atoms with Crippen molar-refractivity contribution in [3.05, 3.63) is 29.3 Å². The summed E-state index contributed by atoms with van der Waals surface area (Å²) < 4.78 is 5.24. The summed E-state index contributed by atoms with van der Waals surface area (Å²) in [6, 6.07) is 5.91. The first kappa shape index (κ1) is 16.2. The van der Waals surface area contributed by atoms with Crippen LogP contribution >= 0.6 is 0 Å². The van der Waals surface area contributed by atoms with Gasteiger partial charge in [0.25, 0.3) is 0 Å². The molecule has 0 heterocycles. The lowest BCUT2D eigenvalue weighted by Crippen LogP contribution is -2.27. The van der Waals surface area contributed by atoms with Crippen molar-refractivity contribution in [2.24, 2.45) is 0 Å². The Morgan fingerprint density at radius 3 is 2.65 bits per heavy atom. The minimum absolute atomic E-state index is 0.453. The van der Waals surface area contributed by atoms with Crippen LogP contribution in [-0.4, -0.2) is 18.0 Å². The highest BCUT2D eigenvalue weighted by molar-refractivity contribution is 5.86. The van der Waals surface area contributed by atoms with E-state index in [1.165, 1.54) is 0 Å². The van der Waals surface area contributed by atoms with Gasteiger partial charge in [0.05, 0.1) is 0 Å². The minimum Gasteiger partial charge on any atom is -0.444 e. The Bertz CT molecular complexity index is 475. The second kappa shape index (κ2) is 7.08. The van der Waals surface area contributed by atoms with Crippen LogP contribution in [0.15, 0.2) is 18.2 Å². The Balaban J connectivity index is 2.71. The minimum atomic E-state index is -0.514. The van der Waals surface area contributed by atoms with Crippen LogP contribution in [0.2, 0.25) is 0 Å². The van der Waals surface area contributed by atoms with E-state index in [4.69, 9.17) is 4.74 Å². The van der Waals surface area contributed by atoms with Crippen molar-refractivity contribution in [3.63, 3.8) is 0 Å². The number of ether oxygens (including phenoxy) is 1. The first-order chi connectivity index (χ1) is 9.31. The number of hydrogen-bond donors (Lipinski definition) is 1. The number of rotatable bonds is 5. The number of aldehydes is 1. The van der Waals surface area contributed by atoms with Crippen molar-refractivity contribution < 1.29 is 14.3 Å². The molecule has 0 saturated carbocycles. The van der Waals surface area contributed by atoms with E-state index in [1.54, 1.807) is 0 Å². The number of unbranched alkanes of at least 4 members (excludes halogenated alkanes) is 1. The third-order valence-electron chi connectivity index (χ3n) is 2.73. The summed E-state index contributed by atoms with van der Waals surface area (Å²) in [6.07, 6.45) is 2.67. The molecule has 1 rings (SSSR count). The molecule has 4 nitrogen and oxygen atoms in total. The molecule has 0 fully saturated rings. The van der Waals surface area contributed by atoms with Crippen LogP contribution < -0.4 is 5.32 Å². The average Bonchev–Trinajstić information content (AvgIpc) is 2.31. The first-order valence-corrected chi connectivity index (χ1v) is 6.85. The molecular weight excluding hydrogens is 254 g/mol. The van der Waals surface area contributed by atoms with E-state index in [2.05, 4.69) is 5.32 Å². The lowest BCUT2D eigenvalue weighted by Gasteiger charge is -2.20. The van der Waals surface area contributed by atoms with Crippen molar-refractivity contribution in [1.82, 2.24) is 0 Å². The number of hydrogen-bond acceptors (Lipinski definition) is 3. The summed E-state index contributed by atoms with van der Waals surface area (Å²) in [5.74, 6) is 0. The number of anilines is 1. The topological polar surface area (TPSA) is 55.4 Å². The van der Waals surface area contributed by atoms with Crippen LogP contribution in [0.1, 0.15) is 44.7 Å². The first-order valence-electron chi connectivity index (χ1n) is 6.85. The number of carbonyl (C=O) groups is 2. The third-order valence-corrected chi connectivity index (χ3v) is 2.73. The fraction of sp³-hybridized carbons (Fsp3) is 0.500. The summed E-state index contributed by atoms with van der Waals surface area (Å²) in [5, 5.41) is 2.77. The maximum absolute atomic E-state index is 11.8. The summed E-state index contributed by atoms with van der Waals surface area (Å²) in [7, 11) is 0. The third kappa shape index (κ3) is 5.87. The van der Waals surface area contributed by atoms with E-state index in [1.807, 2.05) is 45.9 Å². The highest BCUT2D eigenvalue weighted by Crippen LogP contribution is 2.19. The van der Waals surface area contributed by atoms with Gasteiger partial charge in [-0.1, -0.05) is 12.1 Å². The van der Waals surface area contributed by atoms with Crippen molar-refractivity contribution in [2.75, 3.05) is 5.32 Å². The molecule has 20 heavy (non-hydrogen) atoms. The second-order valence-corrected chi connectivity index (χ2v) is 5.84. The summed E-state index contributed by atoms with van der Waals surface area (Å²) in [5.41, 5.74) is 2.32. The van der Waals surface area contributed by atoms with E-state index in [9.17, 15) is 9.59 Å². The lowest BCUT2D eigenvalue weighted by molar-refractivity contribution is -0.107. The van der Waals surface area contributed by atoms with Gasteiger partial charge in [0.1, 0.15) is 11.9 Å². The largest absolute Gasteiger partial charge is 0.444 e. The number of nitrogens with one attached hydrogen (secondary N) is 1. The molecule has 1 aromatic carbocycles. The smallest absolute Gasteiger partial charge is 0.412 e. The molecule has 0 aliphatic heterocycles. The molecular formula is C16H23NO3. The van der Waals surface area contributed by atoms with E-state index in [0.29, 0.717) is 6.42 Å². The number of carbonyl (C=O) groups excluding carboxylic acids is 2. The molecule has 0 radical (unpaired) electrons. The molecule has 0 bridgehead atoms. The highest BCUT2D eigenvalue weighted by Gasteiger charge is 2.16. The number of benzene rings is 1. The van der Waals surface area contributed by atoms with Gasteiger partial charge in [-0.25, -0.2) is 4.79 Å². The van der Waals surface area contributed by atoms with Crippen molar-refractivity contribution in [3.8, 4) is 0 Å². The van der Waals surface area contributed by atoms with Gasteiger partial charge in [-0.15, -0.1) is 0 Å². The zero-order chi connectivity index (χ0) is 15.2. The van der Waals surface area contributed by atoms with Gasteiger partial charge >= 0.3 is 6.09 Å². The molecule has 110 valence electrons. The van der Waals surface area contributed by atoms with Crippen LogP contribution in [0.4, 0.5) is 10.5 Å². The Hall–Kier alpha value is -1.84. The maximum Gasteiger partial charge on any atom is 0.412 e. The van der Waals surface area contributed by atoms with E-state index in [0.717, 1.165) is 35.9 Å². The van der Waals surface area contributed by atoms with Crippen molar-refractivity contribution >= 4 is 18.1 Å². The van der Waals surface area contributed by atoms with Crippen LogP contribution in [0, 0.1) is 6.92 Å². The monoisotopic (exact) mass is 277 g/mol. The molecule has 0 aromatic heterocycles. The fourth-order valence-electron chi connectivity index (χ4n) is 1.76. The van der Waals surface area contributed by atoms with Crippen molar-refractivity contribution in [1.29, 1.82) is 0 Å². The normalized spacial score (nSPS) is 11.0. The van der Waals surface area contributed by atoms with Gasteiger partial charge in [0.2, 0.25) is 0 Å². The molecule has 0 atom stereocenters. The molecule has 0 aliphatic rings. The van der Waals surface area contributed by atoms with Crippen LogP contribution in [0.25, 0.3) is 0 Å². The average molecular weight is 277 g/mol. The van der Waals surface area contributed by atoms with Gasteiger partial charge in [-0.2, -0.15) is 0 Å². The van der Waals surface area contributed by atoms with Crippen LogP contribution in [-0.2, 0) is 16.0 Å². The molecule has 0 unspecified atom stereocenters. The van der Waals surface area contributed by atoms with Gasteiger partial charge < -0.3 is 9.53 Å². The van der Waals surface area contributed by atoms with E-state index in [-0.39, 0.29) is 0 Å². The maximum atomic E-state index is 11.8. The van der Waals surface area contributed by atoms with E-state index >= 15 is 0 Å². The predicted molar refractivity (Wildman–Crippen MR) is 80.0 cm³/mol. The predicted octanol–water partition coefficient (Wildman–Crippen LogP) is 3.86. The standard InChI is InChI=1S/C16H23NO3/c1-12-8-9-13(7-5-6-10-18)11-14(12)17-15(19)20-16(2,3)4/h8-11H,5-7H2,1-4H3,(H,17,19). The Labute approximate surface area is 120 Å². The molecule has 1 amide bonds. The van der Waals surface area contributed by atoms with Crippen LogP contribution in [0.5, 0.6) is 0 Å². The summed E-state index contributed by atoms with van der Waals surface area (Å²) in [6.45, 7) is 7.42. The summed E-state index contributed by atoms with van der Waals surface area (Å²) >= 11 is 0. The lowest BCUT2D eigenvalue weighted by atomic mass is 10.1. The number of amides is 1. The molecule has 0 aliphatic carbocycles. The van der Waals surface area contributed by atoms with Gasteiger partial charge in [0.15, 0.2) is 0 Å². The Morgan fingerprint density at radius 1 is 1.35 bits per heavy atom. The van der Waals surface area contributed by atoms with E-state index < -0.39 is 11.7 Å². The SMILES string of the molecule is Cc1ccc(CCCC=O)cc1NC(=O)OC(C)(C)C. The molecule has 0 saturated heterocycles. The Kier molecular flexibility index (Phi) is 5.74. The number of aryl methyl sites for hydroxylation is 2. The van der Waals surface area contributed by atoms with Gasteiger partial charge in [-0.3, -0.25) is 5.32 Å². The quantitative estimate of drug-likeness (QED) is 0.656. The van der Waals surface area contributed by atoms with Crippen molar-refractivity contribution in [2.45, 2.75) is 52.6 Å². The zero-order valence-corrected chi connectivity index (χ0v) is 12.7. The zero-order valence-electron chi connectivity index (χ0n) is 12.7. The molecule has 1 aromatic rings. The Morgan fingerprint density at radius 2 is 2.05 bits per heavy atom. The van der Waals surface area contributed by atoms with Crippen LogP contribution in [0.3, 0.4) is 0 Å². The molecule has 4 heteroatoms.